The molecule has 0 radical (unpaired) electrons. The Kier molecular flexibility index (Phi) is 5.32. The summed E-state index contributed by atoms with van der Waals surface area (Å²) in [7, 11) is 1.58. The lowest BCUT2D eigenvalue weighted by atomic mass is 10.1. The summed E-state index contributed by atoms with van der Waals surface area (Å²) in [4.78, 5) is 17.1. The van der Waals surface area contributed by atoms with Crippen LogP contribution in [-0.4, -0.2) is 47.3 Å². The number of piperidine rings is 1. The molecule has 0 atom stereocenters. The SMILES string of the molecule is COc1ccc(NC(=S)N2CCC(OC(C)=O)CC2)cn1. The van der Waals surface area contributed by atoms with Crippen molar-refractivity contribution in [1.82, 2.24) is 9.88 Å². The van der Waals surface area contributed by atoms with Crippen LogP contribution in [0.4, 0.5) is 5.69 Å². The van der Waals surface area contributed by atoms with Crippen molar-refractivity contribution in [2.45, 2.75) is 25.9 Å². The van der Waals surface area contributed by atoms with Gasteiger partial charge in [0.1, 0.15) is 6.10 Å². The largest absolute Gasteiger partial charge is 0.481 e. The van der Waals surface area contributed by atoms with Gasteiger partial charge in [0.25, 0.3) is 0 Å². The first-order valence-electron chi connectivity index (χ1n) is 6.81. The molecule has 0 spiro atoms. The molecule has 0 aromatic carbocycles. The molecule has 1 aromatic rings. The standard InChI is InChI=1S/C14H19N3O3S/c1-10(18)20-12-5-7-17(8-6-12)14(21)16-11-3-4-13(19-2)15-9-11/h3-4,9,12H,5-8H2,1-2H3,(H,16,21). The van der Waals surface area contributed by atoms with E-state index < -0.39 is 0 Å². The molecule has 2 rings (SSSR count). The zero-order valence-electron chi connectivity index (χ0n) is 12.2. The number of carbonyl (C=O) groups is 1. The molecule has 21 heavy (non-hydrogen) atoms. The van der Waals surface area contributed by atoms with Gasteiger partial charge in [-0.1, -0.05) is 0 Å². The highest BCUT2D eigenvalue weighted by Gasteiger charge is 2.22. The van der Waals surface area contributed by atoms with Crippen LogP contribution in [0.5, 0.6) is 5.88 Å². The number of aromatic nitrogens is 1. The Morgan fingerprint density at radius 3 is 2.67 bits per heavy atom. The lowest BCUT2D eigenvalue weighted by Crippen LogP contribution is -2.43. The fraction of sp³-hybridized carbons (Fsp3) is 0.500. The van der Waals surface area contributed by atoms with E-state index in [2.05, 4.69) is 15.2 Å². The third kappa shape index (κ3) is 4.56. The topological polar surface area (TPSA) is 63.7 Å². The van der Waals surface area contributed by atoms with Gasteiger partial charge in [-0.25, -0.2) is 4.98 Å². The summed E-state index contributed by atoms with van der Waals surface area (Å²) in [5, 5.41) is 3.81. The second kappa shape index (κ2) is 7.21. The molecular weight excluding hydrogens is 290 g/mol. The number of thiocarbonyl (C=S) groups is 1. The van der Waals surface area contributed by atoms with Crippen molar-refractivity contribution in [3.05, 3.63) is 18.3 Å². The Balaban J connectivity index is 1.82. The van der Waals surface area contributed by atoms with Crippen LogP contribution in [-0.2, 0) is 9.53 Å². The summed E-state index contributed by atoms with van der Waals surface area (Å²) in [6.45, 7) is 2.98. The van der Waals surface area contributed by atoms with Crippen LogP contribution < -0.4 is 10.1 Å². The van der Waals surface area contributed by atoms with Crippen molar-refractivity contribution in [2.24, 2.45) is 0 Å². The molecule has 0 unspecified atom stereocenters. The number of hydrogen-bond donors (Lipinski definition) is 1. The minimum absolute atomic E-state index is 0.00389. The van der Waals surface area contributed by atoms with Gasteiger partial charge < -0.3 is 19.7 Å². The van der Waals surface area contributed by atoms with Gasteiger partial charge in [-0.2, -0.15) is 0 Å². The molecule has 2 heterocycles. The number of methoxy groups -OCH3 is 1. The number of ether oxygens (including phenoxy) is 2. The first-order chi connectivity index (χ1) is 10.1. The molecule has 0 bridgehead atoms. The first-order valence-corrected chi connectivity index (χ1v) is 7.22. The number of pyridine rings is 1. The number of rotatable bonds is 3. The van der Waals surface area contributed by atoms with Gasteiger partial charge in [-0.3, -0.25) is 4.79 Å². The molecule has 1 aliphatic rings. The molecular formula is C14H19N3O3S. The maximum absolute atomic E-state index is 10.9. The van der Waals surface area contributed by atoms with Crippen LogP contribution in [0.2, 0.25) is 0 Å². The molecule has 7 heteroatoms. The summed E-state index contributed by atoms with van der Waals surface area (Å²) in [5.41, 5.74) is 0.822. The Hall–Kier alpha value is -1.89. The van der Waals surface area contributed by atoms with E-state index >= 15 is 0 Å². The molecule has 1 saturated heterocycles. The Morgan fingerprint density at radius 1 is 1.43 bits per heavy atom. The average molecular weight is 309 g/mol. The van der Waals surface area contributed by atoms with Gasteiger partial charge in [0.05, 0.1) is 19.0 Å². The Labute approximate surface area is 129 Å². The molecule has 1 N–H and O–H groups in total. The van der Waals surface area contributed by atoms with Gasteiger partial charge in [-0.15, -0.1) is 0 Å². The minimum atomic E-state index is -0.224. The fourth-order valence-electron chi connectivity index (χ4n) is 2.19. The van der Waals surface area contributed by atoms with E-state index in [-0.39, 0.29) is 12.1 Å². The van der Waals surface area contributed by atoms with Gasteiger partial charge in [0, 0.05) is 38.9 Å². The molecule has 1 aliphatic heterocycles. The minimum Gasteiger partial charge on any atom is -0.481 e. The normalized spacial score (nSPS) is 15.4. The monoisotopic (exact) mass is 309 g/mol. The number of anilines is 1. The highest BCUT2D eigenvalue weighted by Crippen LogP contribution is 2.16. The van der Waals surface area contributed by atoms with Gasteiger partial charge >= 0.3 is 5.97 Å². The van der Waals surface area contributed by atoms with E-state index in [1.165, 1.54) is 6.92 Å². The zero-order chi connectivity index (χ0) is 15.2. The number of nitrogens with one attached hydrogen (secondary N) is 1. The zero-order valence-corrected chi connectivity index (χ0v) is 13.0. The molecule has 1 aromatic heterocycles. The summed E-state index contributed by atoms with van der Waals surface area (Å²) in [6, 6.07) is 3.64. The van der Waals surface area contributed by atoms with Crippen molar-refractivity contribution in [3.63, 3.8) is 0 Å². The second-order valence-corrected chi connectivity index (χ2v) is 5.20. The Morgan fingerprint density at radius 2 is 2.14 bits per heavy atom. The van der Waals surface area contributed by atoms with Crippen LogP contribution in [0.15, 0.2) is 18.3 Å². The predicted molar refractivity (Wildman–Crippen MR) is 83.4 cm³/mol. The number of hydrogen-bond acceptors (Lipinski definition) is 5. The maximum atomic E-state index is 10.9. The van der Waals surface area contributed by atoms with E-state index in [0.29, 0.717) is 11.0 Å². The van der Waals surface area contributed by atoms with Crippen LogP contribution in [0.1, 0.15) is 19.8 Å². The molecule has 0 aliphatic carbocycles. The van der Waals surface area contributed by atoms with Crippen molar-refractivity contribution in [2.75, 3.05) is 25.5 Å². The first kappa shape index (κ1) is 15.5. The number of nitrogens with zero attached hydrogens (tertiary/aromatic N) is 2. The predicted octanol–water partition coefficient (Wildman–Crippen LogP) is 1.81. The third-order valence-electron chi connectivity index (χ3n) is 3.26. The molecule has 0 saturated carbocycles. The molecule has 6 nitrogen and oxygen atoms in total. The lowest BCUT2D eigenvalue weighted by Gasteiger charge is -2.33. The van der Waals surface area contributed by atoms with Crippen molar-refractivity contribution >= 4 is 29.0 Å². The smallest absolute Gasteiger partial charge is 0.302 e. The fourth-order valence-corrected chi connectivity index (χ4v) is 2.49. The van der Waals surface area contributed by atoms with Crippen LogP contribution in [0, 0.1) is 0 Å². The van der Waals surface area contributed by atoms with Gasteiger partial charge in [0.15, 0.2) is 5.11 Å². The Bertz CT molecular complexity index is 499. The third-order valence-corrected chi connectivity index (χ3v) is 3.62. The average Bonchev–Trinajstić information content (AvgIpc) is 2.48. The summed E-state index contributed by atoms with van der Waals surface area (Å²) < 4.78 is 10.2. The highest BCUT2D eigenvalue weighted by molar-refractivity contribution is 7.80. The van der Waals surface area contributed by atoms with Crippen LogP contribution in [0.3, 0.4) is 0 Å². The van der Waals surface area contributed by atoms with E-state index in [0.717, 1.165) is 31.6 Å². The van der Waals surface area contributed by atoms with Crippen molar-refractivity contribution in [1.29, 1.82) is 0 Å². The van der Waals surface area contributed by atoms with E-state index in [9.17, 15) is 4.79 Å². The number of esters is 1. The van der Waals surface area contributed by atoms with Crippen molar-refractivity contribution < 1.29 is 14.3 Å². The van der Waals surface area contributed by atoms with E-state index in [1.54, 1.807) is 19.4 Å². The summed E-state index contributed by atoms with van der Waals surface area (Å²) in [5.74, 6) is 0.340. The number of likely N-dealkylation sites (tertiary alicyclic amines) is 1. The lowest BCUT2D eigenvalue weighted by molar-refractivity contribution is -0.147. The summed E-state index contributed by atoms with van der Waals surface area (Å²) >= 11 is 5.39. The van der Waals surface area contributed by atoms with Gasteiger partial charge in [-0.05, 0) is 18.3 Å². The van der Waals surface area contributed by atoms with Crippen LogP contribution >= 0.6 is 12.2 Å². The maximum Gasteiger partial charge on any atom is 0.302 e. The quantitative estimate of drug-likeness (QED) is 0.675. The van der Waals surface area contributed by atoms with Gasteiger partial charge in [0.2, 0.25) is 5.88 Å². The summed E-state index contributed by atoms with van der Waals surface area (Å²) in [6.07, 6.45) is 3.27. The highest BCUT2D eigenvalue weighted by atomic mass is 32.1. The van der Waals surface area contributed by atoms with E-state index in [1.807, 2.05) is 6.07 Å². The number of carbonyl (C=O) groups excluding carboxylic acids is 1. The molecule has 0 amide bonds. The van der Waals surface area contributed by atoms with Crippen LogP contribution in [0.25, 0.3) is 0 Å². The molecule has 1 fully saturated rings. The second-order valence-electron chi connectivity index (χ2n) is 4.82. The molecule has 114 valence electrons. The van der Waals surface area contributed by atoms with E-state index in [4.69, 9.17) is 21.7 Å². The van der Waals surface area contributed by atoms with Crippen molar-refractivity contribution in [3.8, 4) is 5.88 Å².